The molecule has 0 radical (unpaired) electrons. The van der Waals surface area contributed by atoms with Crippen molar-refractivity contribution in [2.24, 2.45) is 5.92 Å². The molecule has 0 heterocycles. The lowest BCUT2D eigenvalue weighted by molar-refractivity contribution is -0.116. The first-order valence-electron chi connectivity index (χ1n) is 3.70. The standard InChI is InChI=1S/C7H13NO4S/c1-3-7(9)8-4-6(2)5-13(10,11)12/h3,6H,1,4-5H2,2H3,(H,8,9)(H,10,11,12)/t6-/m0/s1. The van der Waals surface area contributed by atoms with Crippen LogP contribution in [-0.4, -0.2) is 31.2 Å². The van der Waals surface area contributed by atoms with Crippen LogP contribution in [0.15, 0.2) is 12.7 Å². The Balaban J connectivity index is 3.83. The molecule has 0 aliphatic carbocycles. The average Bonchev–Trinajstić information content (AvgIpc) is 1.97. The summed E-state index contributed by atoms with van der Waals surface area (Å²) in [5.41, 5.74) is 0. The van der Waals surface area contributed by atoms with Crippen LogP contribution < -0.4 is 5.32 Å². The van der Waals surface area contributed by atoms with Crippen molar-refractivity contribution < 1.29 is 17.8 Å². The third-order valence-electron chi connectivity index (χ3n) is 1.31. The minimum atomic E-state index is -3.96. The van der Waals surface area contributed by atoms with Crippen LogP contribution in [0.1, 0.15) is 6.92 Å². The van der Waals surface area contributed by atoms with Crippen LogP contribution in [0.4, 0.5) is 0 Å². The molecule has 0 saturated carbocycles. The predicted octanol–water partition coefficient (Wildman–Crippen LogP) is -0.187. The maximum Gasteiger partial charge on any atom is 0.265 e. The molecule has 1 atom stereocenters. The van der Waals surface area contributed by atoms with E-state index in [-0.39, 0.29) is 24.1 Å². The van der Waals surface area contributed by atoms with Crippen LogP contribution >= 0.6 is 0 Å². The molecule has 0 aliphatic heterocycles. The number of rotatable bonds is 5. The summed E-state index contributed by atoms with van der Waals surface area (Å²) in [6.07, 6.45) is 1.10. The van der Waals surface area contributed by atoms with Gasteiger partial charge in [-0.2, -0.15) is 8.42 Å². The Hall–Kier alpha value is -0.880. The van der Waals surface area contributed by atoms with E-state index in [1.807, 2.05) is 0 Å². The Kier molecular flexibility index (Phi) is 4.64. The van der Waals surface area contributed by atoms with Gasteiger partial charge in [-0.1, -0.05) is 13.5 Å². The van der Waals surface area contributed by atoms with Gasteiger partial charge in [-0.25, -0.2) is 0 Å². The second kappa shape index (κ2) is 4.98. The molecule has 0 aromatic heterocycles. The van der Waals surface area contributed by atoms with Gasteiger partial charge in [0.1, 0.15) is 0 Å². The van der Waals surface area contributed by atoms with Gasteiger partial charge >= 0.3 is 0 Å². The van der Waals surface area contributed by atoms with E-state index in [1.165, 1.54) is 0 Å². The quantitative estimate of drug-likeness (QED) is 0.483. The minimum Gasteiger partial charge on any atom is -0.352 e. The second-order valence-corrected chi connectivity index (χ2v) is 4.30. The minimum absolute atomic E-state index is 0.199. The highest BCUT2D eigenvalue weighted by Crippen LogP contribution is 1.97. The molecule has 1 amide bonds. The molecule has 0 aliphatic rings. The molecule has 0 spiro atoms. The molecular weight excluding hydrogens is 194 g/mol. The zero-order valence-electron chi connectivity index (χ0n) is 7.36. The Labute approximate surface area is 77.6 Å². The summed E-state index contributed by atoms with van der Waals surface area (Å²) in [5.74, 6) is -1.04. The zero-order valence-corrected chi connectivity index (χ0v) is 8.17. The van der Waals surface area contributed by atoms with E-state index < -0.39 is 10.1 Å². The normalized spacial score (nSPS) is 13.4. The number of hydrogen-bond acceptors (Lipinski definition) is 3. The molecule has 0 unspecified atom stereocenters. The Morgan fingerprint density at radius 1 is 1.69 bits per heavy atom. The summed E-state index contributed by atoms with van der Waals surface area (Å²) in [4.78, 5) is 10.6. The van der Waals surface area contributed by atoms with Crippen molar-refractivity contribution in [1.29, 1.82) is 0 Å². The first-order valence-corrected chi connectivity index (χ1v) is 5.31. The average molecular weight is 207 g/mol. The fraction of sp³-hybridized carbons (Fsp3) is 0.571. The largest absolute Gasteiger partial charge is 0.352 e. The molecule has 0 bridgehead atoms. The lowest BCUT2D eigenvalue weighted by atomic mass is 10.2. The molecule has 13 heavy (non-hydrogen) atoms. The Bertz CT molecular complexity index is 283. The molecular formula is C7H13NO4S. The van der Waals surface area contributed by atoms with Crippen LogP contribution in [0.2, 0.25) is 0 Å². The monoisotopic (exact) mass is 207 g/mol. The van der Waals surface area contributed by atoms with Crippen molar-refractivity contribution in [3.05, 3.63) is 12.7 Å². The van der Waals surface area contributed by atoms with Gasteiger partial charge < -0.3 is 5.32 Å². The van der Waals surface area contributed by atoms with Crippen LogP contribution in [0.5, 0.6) is 0 Å². The maximum atomic E-state index is 10.6. The van der Waals surface area contributed by atoms with Crippen molar-refractivity contribution in [3.8, 4) is 0 Å². The van der Waals surface area contributed by atoms with E-state index in [1.54, 1.807) is 6.92 Å². The smallest absolute Gasteiger partial charge is 0.265 e. The van der Waals surface area contributed by atoms with Gasteiger partial charge in [0.25, 0.3) is 10.1 Å². The van der Waals surface area contributed by atoms with E-state index >= 15 is 0 Å². The summed E-state index contributed by atoms with van der Waals surface area (Å²) in [6.45, 7) is 5.04. The van der Waals surface area contributed by atoms with Gasteiger partial charge in [-0.05, 0) is 12.0 Å². The van der Waals surface area contributed by atoms with Gasteiger partial charge in [-0.15, -0.1) is 0 Å². The van der Waals surface area contributed by atoms with Crippen molar-refractivity contribution in [1.82, 2.24) is 5.32 Å². The maximum absolute atomic E-state index is 10.6. The molecule has 76 valence electrons. The summed E-state index contributed by atoms with van der Waals surface area (Å²) < 4.78 is 29.2. The number of carbonyl (C=O) groups excluding carboxylic acids is 1. The van der Waals surface area contributed by atoms with Gasteiger partial charge in [-0.3, -0.25) is 9.35 Å². The number of carbonyl (C=O) groups is 1. The summed E-state index contributed by atoms with van der Waals surface area (Å²) in [7, 11) is -3.96. The van der Waals surface area contributed by atoms with Gasteiger partial charge in [0.05, 0.1) is 5.75 Å². The van der Waals surface area contributed by atoms with Crippen LogP contribution in [0, 0.1) is 5.92 Å². The molecule has 0 saturated heterocycles. The van der Waals surface area contributed by atoms with Crippen LogP contribution in [-0.2, 0) is 14.9 Å². The third kappa shape index (κ3) is 7.48. The van der Waals surface area contributed by atoms with E-state index in [9.17, 15) is 13.2 Å². The summed E-state index contributed by atoms with van der Waals surface area (Å²) >= 11 is 0. The number of hydrogen-bond donors (Lipinski definition) is 2. The lowest BCUT2D eigenvalue weighted by Crippen LogP contribution is -2.29. The summed E-state index contributed by atoms with van der Waals surface area (Å²) in [5, 5.41) is 2.42. The topological polar surface area (TPSA) is 83.5 Å². The van der Waals surface area contributed by atoms with Crippen molar-refractivity contribution in [2.75, 3.05) is 12.3 Å². The second-order valence-electron chi connectivity index (χ2n) is 2.80. The molecule has 0 aromatic carbocycles. The predicted molar refractivity (Wildman–Crippen MR) is 48.8 cm³/mol. The highest BCUT2D eigenvalue weighted by molar-refractivity contribution is 7.85. The fourth-order valence-electron chi connectivity index (χ4n) is 0.765. The van der Waals surface area contributed by atoms with E-state index in [2.05, 4.69) is 11.9 Å². The van der Waals surface area contributed by atoms with E-state index in [0.717, 1.165) is 6.08 Å². The fourth-order valence-corrected chi connectivity index (χ4v) is 1.60. The highest BCUT2D eigenvalue weighted by Gasteiger charge is 2.12. The Morgan fingerprint density at radius 2 is 2.23 bits per heavy atom. The van der Waals surface area contributed by atoms with E-state index in [4.69, 9.17) is 4.55 Å². The molecule has 0 aromatic rings. The van der Waals surface area contributed by atoms with Gasteiger partial charge in [0, 0.05) is 6.54 Å². The molecule has 6 heteroatoms. The summed E-state index contributed by atoms with van der Waals surface area (Å²) in [6, 6.07) is 0. The van der Waals surface area contributed by atoms with Crippen LogP contribution in [0.3, 0.4) is 0 Å². The zero-order chi connectivity index (χ0) is 10.5. The number of nitrogens with one attached hydrogen (secondary N) is 1. The van der Waals surface area contributed by atoms with E-state index in [0.29, 0.717) is 0 Å². The van der Waals surface area contributed by atoms with Crippen LogP contribution in [0.25, 0.3) is 0 Å². The van der Waals surface area contributed by atoms with Gasteiger partial charge in [0.2, 0.25) is 5.91 Å². The molecule has 5 nitrogen and oxygen atoms in total. The first kappa shape index (κ1) is 12.1. The van der Waals surface area contributed by atoms with Crippen molar-refractivity contribution in [3.63, 3.8) is 0 Å². The number of amides is 1. The third-order valence-corrected chi connectivity index (χ3v) is 2.30. The molecule has 2 N–H and O–H groups in total. The van der Waals surface area contributed by atoms with Crippen molar-refractivity contribution in [2.45, 2.75) is 6.92 Å². The molecule has 0 rings (SSSR count). The lowest BCUT2D eigenvalue weighted by Gasteiger charge is -2.08. The van der Waals surface area contributed by atoms with Crippen molar-refractivity contribution >= 4 is 16.0 Å². The van der Waals surface area contributed by atoms with Gasteiger partial charge in [0.15, 0.2) is 0 Å². The SMILES string of the molecule is C=CC(=O)NC[C@H](C)CS(=O)(=O)O. The highest BCUT2D eigenvalue weighted by atomic mass is 32.2. The molecule has 0 fully saturated rings. The Morgan fingerprint density at radius 3 is 2.62 bits per heavy atom. The first-order chi connectivity index (χ1) is 5.85.